The number of hydrogen-bond acceptors (Lipinski definition) is 5. The molecular formula is C16H24N4O2. The molecule has 2 unspecified atom stereocenters. The fraction of sp³-hybridized carbons (Fsp3) is 0.688. The van der Waals surface area contributed by atoms with Gasteiger partial charge in [0.1, 0.15) is 12.4 Å². The van der Waals surface area contributed by atoms with Crippen molar-refractivity contribution < 1.29 is 9.53 Å². The zero-order valence-corrected chi connectivity index (χ0v) is 13.1. The number of piperidine rings is 1. The second kappa shape index (κ2) is 6.60. The van der Waals surface area contributed by atoms with Crippen LogP contribution < -0.4 is 0 Å². The highest BCUT2D eigenvalue weighted by molar-refractivity contribution is 6.29. The Bertz CT molecular complexity index is 484. The first kappa shape index (κ1) is 15.2. The van der Waals surface area contributed by atoms with Gasteiger partial charge in [-0.25, -0.2) is 4.99 Å². The Morgan fingerprint density at radius 1 is 1.32 bits per heavy atom. The average molecular weight is 304 g/mol. The van der Waals surface area contributed by atoms with Crippen molar-refractivity contribution in [1.82, 2.24) is 9.80 Å². The second-order valence-corrected chi connectivity index (χ2v) is 6.18. The molecule has 120 valence electrons. The highest BCUT2D eigenvalue weighted by Gasteiger charge is 2.58. The van der Waals surface area contributed by atoms with Crippen molar-refractivity contribution in [2.45, 2.75) is 18.9 Å². The molecule has 0 aromatic carbocycles. The molecule has 0 radical (unpaired) electrons. The molecule has 0 aromatic heterocycles. The van der Waals surface area contributed by atoms with E-state index in [1.165, 1.54) is 39.2 Å². The maximum atomic E-state index is 11.1. The Balaban J connectivity index is 1.54. The molecule has 6 heteroatoms. The lowest BCUT2D eigenvalue weighted by atomic mass is 10.3. The predicted molar refractivity (Wildman–Crippen MR) is 86.2 cm³/mol. The Morgan fingerprint density at radius 3 is 2.59 bits per heavy atom. The van der Waals surface area contributed by atoms with Crippen LogP contribution in [0.5, 0.6) is 0 Å². The summed E-state index contributed by atoms with van der Waals surface area (Å²) < 4.78 is 4.58. The van der Waals surface area contributed by atoms with E-state index in [1.54, 1.807) is 6.21 Å². The van der Waals surface area contributed by atoms with Crippen LogP contribution >= 0.6 is 0 Å². The molecule has 0 N–H and O–H groups in total. The van der Waals surface area contributed by atoms with Gasteiger partial charge in [0.25, 0.3) is 0 Å². The first-order chi connectivity index (χ1) is 10.7. The fourth-order valence-corrected chi connectivity index (χ4v) is 3.82. The van der Waals surface area contributed by atoms with Crippen LogP contribution in [0.1, 0.15) is 12.8 Å². The number of ether oxygens (including phenoxy) is 1. The number of amidine groups is 1. The van der Waals surface area contributed by atoms with E-state index >= 15 is 0 Å². The molecule has 2 atom stereocenters. The smallest absolute Gasteiger partial charge is 0.327 e. The van der Waals surface area contributed by atoms with Gasteiger partial charge in [-0.1, -0.05) is 6.58 Å². The zero-order valence-electron chi connectivity index (χ0n) is 13.1. The minimum atomic E-state index is -0.340. The van der Waals surface area contributed by atoms with E-state index in [0.29, 0.717) is 0 Å². The number of carbonyl (C=O) groups is 1. The van der Waals surface area contributed by atoms with Gasteiger partial charge in [-0.05, 0) is 37.8 Å². The molecule has 1 aliphatic carbocycles. The fourth-order valence-electron chi connectivity index (χ4n) is 3.82. The number of rotatable bonds is 5. The Hall–Kier alpha value is -1.69. The van der Waals surface area contributed by atoms with E-state index in [9.17, 15) is 4.79 Å². The zero-order chi connectivity index (χ0) is 15.5. The van der Waals surface area contributed by atoms with Gasteiger partial charge < -0.3 is 9.64 Å². The minimum absolute atomic E-state index is 0.0315. The monoisotopic (exact) mass is 304 g/mol. The lowest BCUT2D eigenvalue weighted by Gasteiger charge is -2.24. The van der Waals surface area contributed by atoms with Crippen LogP contribution in [0.25, 0.3) is 0 Å². The minimum Gasteiger partial charge on any atom is -0.468 e. The Kier molecular flexibility index (Phi) is 4.57. The summed E-state index contributed by atoms with van der Waals surface area (Å²) in [6.07, 6.45) is 5.89. The number of hydrogen-bond donors (Lipinski definition) is 0. The van der Waals surface area contributed by atoms with E-state index in [2.05, 4.69) is 31.1 Å². The highest BCUT2D eigenvalue weighted by Crippen LogP contribution is 2.49. The number of aliphatic imine (C=N–C) groups is 2. The summed E-state index contributed by atoms with van der Waals surface area (Å²) in [7, 11) is 1.36. The first-order valence-electron chi connectivity index (χ1n) is 7.99. The van der Waals surface area contributed by atoms with Gasteiger partial charge >= 0.3 is 5.97 Å². The van der Waals surface area contributed by atoms with Crippen molar-refractivity contribution in [3.63, 3.8) is 0 Å². The second-order valence-electron chi connectivity index (χ2n) is 6.18. The molecule has 1 saturated carbocycles. The molecule has 2 saturated heterocycles. The standard InChI is InChI=1S/C16H24N4O2/c1-3-18-14(8-17-9-15(21)22-2)20-10-12-13(11-20)16(12)19-6-4-5-7-19/h3,8,12-13,16H,1,4-7,9-11H2,2H3/b17-8-,18-14+. The third kappa shape index (κ3) is 3.06. The Labute approximate surface area is 131 Å². The average Bonchev–Trinajstić information content (AvgIpc) is 2.95. The lowest BCUT2D eigenvalue weighted by Crippen LogP contribution is -2.37. The molecular weight excluding hydrogens is 280 g/mol. The van der Waals surface area contributed by atoms with Crippen LogP contribution in [0.2, 0.25) is 0 Å². The van der Waals surface area contributed by atoms with Crippen LogP contribution in [0.15, 0.2) is 22.8 Å². The summed E-state index contributed by atoms with van der Waals surface area (Å²) in [6, 6.07) is 0.788. The number of nitrogens with zero attached hydrogens (tertiary/aromatic N) is 4. The van der Waals surface area contributed by atoms with Crippen molar-refractivity contribution in [2.75, 3.05) is 39.8 Å². The Morgan fingerprint density at radius 2 is 2.00 bits per heavy atom. The summed E-state index contributed by atoms with van der Waals surface area (Å²) in [5, 5.41) is 0. The number of fused-ring (bicyclic) bond motifs is 1. The quantitative estimate of drug-likeness (QED) is 0.428. The summed E-state index contributed by atoms with van der Waals surface area (Å²) >= 11 is 0. The highest BCUT2D eigenvalue weighted by atomic mass is 16.5. The van der Waals surface area contributed by atoms with Gasteiger partial charge in [-0.3, -0.25) is 14.7 Å². The molecule has 2 aliphatic heterocycles. The molecule has 2 heterocycles. The van der Waals surface area contributed by atoms with Gasteiger partial charge in [0.05, 0.1) is 13.3 Å². The largest absolute Gasteiger partial charge is 0.468 e. The van der Waals surface area contributed by atoms with Gasteiger partial charge in [0.2, 0.25) is 0 Å². The molecule has 6 nitrogen and oxygen atoms in total. The van der Waals surface area contributed by atoms with E-state index in [4.69, 9.17) is 0 Å². The van der Waals surface area contributed by atoms with E-state index in [-0.39, 0.29) is 12.5 Å². The molecule has 3 aliphatic rings. The molecule has 0 amide bonds. The summed E-state index contributed by atoms with van der Waals surface area (Å²) in [6.45, 7) is 8.30. The lowest BCUT2D eigenvalue weighted by molar-refractivity contribution is -0.138. The van der Waals surface area contributed by atoms with E-state index < -0.39 is 0 Å². The van der Waals surface area contributed by atoms with Crippen molar-refractivity contribution in [3.05, 3.63) is 12.8 Å². The maximum absolute atomic E-state index is 11.1. The summed E-state index contributed by atoms with van der Waals surface area (Å²) in [5.74, 6) is 1.99. The van der Waals surface area contributed by atoms with Gasteiger partial charge in [0, 0.05) is 25.3 Å². The van der Waals surface area contributed by atoms with Gasteiger partial charge in [-0.15, -0.1) is 0 Å². The van der Waals surface area contributed by atoms with Crippen LogP contribution in [0.4, 0.5) is 0 Å². The molecule has 0 aromatic rings. The normalized spacial score (nSPS) is 31.6. The van der Waals surface area contributed by atoms with E-state index in [0.717, 1.165) is 36.8 Å². The van der Waals surface area contributed by atoms with Crippen molar-refractivity contribution in [1.29, 1.82) is 0 Å². The molecule has 0 bridgehead atoms. The number of esters is 1. The predicted octanol–water partition coefficient (Wildman–Crippen LogP) is 0.798. The topological polar surface area (TPSA) is 57.5 Å². The summed E-state index contributed by atoms with van der Waals surface area (Å²) in [4.78, 5) is 24.4. The molecule has 22 heavy (non-hydrogen) atoms. The van der Waals surface area contributed by atoms with Crippen molar-refractivity contribution >= 4 is 18.0 Å². The van der Waals surface area contributed by atoms with Crippen molar-refractivity contribution in [3.8, 4) is 0 Å². The number of likely N-dealkylation sites (tertiary alicyclic amines) is 2. The van der Waals surface area contributed by atoms with Gasteiger partial charge in [0.15, 0.2) is 0 Å². The maximum Gasteiger partial charge on any atom is 0.327 e. The van der Waals surface area contributed by atoms with Crippen LogP contribution in [0, 0.1) is 11.8 Å². The molecule has 0 spiro atoms. The van der Waals surface area contributed by atoms with Crippen molar-refractivity contribution in [2.24, 2.45) is 21.8 Å². The van der Waals surface area contributed by atoms with Crippen LogP contribution in [-0.2, 0) is 9.53 Å². The van der Waals surface area contributed by atoms with E-state index in [1.807, 2.05) is 0 Å². The van der Waals surface area contributed by atoms with Crippen LogP contribution in [-0.4, -0.2) is 73.7 Å². The van der Waals surface area contributed by atoms with Crippen LogP contribution in [0.3, 0.4) is 0 Å². The molecule has 3 fully saturated rings. The number of carbonyl (C=O) groups excluding carboxylic acids is 1. The summed E-state index contributed by atoms with van der Waals surface area (Å²) in [5.41, 5.74) is 0. The molecule has 3 rings (SSSR count). The van der Waals surface area contributed by atoms with Gasteiger partial charge in [-0.2, -0.15) is 0 Å². The third-order valence-corrected chi connectivity index (χ3v) is 4.91. The number of methoxy groups -OCH3 is 1. The first-order valence-corrected chi connectivity index (χ1v) is 7.99. The SMILES string of the molecule is C=C/N=C(\C=N/CC(=O)OC)N1CC2C(C1)C2N1CCCC1. The third-order valence-electron chi connectivity index (χ3n) is 4.91.